The van der Waals surface area contributed by atoms with Crippen molar-refractivity contribution >= 4 is 12.0 Å². The van der Waals surface area contributed by atoms with Gasteiger partial charge < -0.3 is 14.9 Å². The second kappa shape index (κ2) is 7.24. The lowest BCUT2D eigenvalue weighted by Gasteiger charge is -2.26. The van der Waals surface area contributed by atoms with E-state index in [4.69, 9.17) is 5.11 Å². The van der Waals surface area contributed by atoms with Crippen LogP contribution in [0.25, 0.3) is 0 Å². The summed E-state index contributed by atoms with van der Waals surface area (Å²) in [5, 5.41) is 8.67. The Bertz CT molecular complexity index is 294. The van der Waals surface area contributed by atoms with Gasteiger partial charge in [-0.3, -0.25) is 4.79 Å². The zero-order valence-corrected chi connectivity index (χ0v) is 11.4. The van der Waals surface area contributed by atoms with Crippen molar-refractivity contribution < 1.29 is 14.7 Å². The van der Waals surface area contributed by atoms with Crippen LogP contribution in [0.15, 0.2) is 0 Å². The van der Waals surface area contributed by atoms with E-state index >= 15 is 0 Å². The highest BCUT2D eigenvalue weighted by Gasteiger charge is 2.28. The quantitative estimate of drug-likeness (QED) is 0.791. The lowest BCUT2D eigenvalue weighted by Crippen LogP contribution is -2.42. The third kappa shape index (κ3) is 4.20. The maximum Gasteiger partial charge on any atom is 0.320 e. The molecule has 1 rings (SSSR count). The summed E-state index contributed by atoms with van der Waals surface area (Å²) in [7, 11) is 0. The van der Waals surface area contributed by atoms with Crippen molar-refractivity contribution in [2.45, 2.75) is 39.5 Å². The molecule has 5 nitrogen and oxygen atoms in total. The maximum atomic E-state index is 12.2. The van der Waals surface area contributed by atoms with Crippen LogP contribution >= 0.6 is 0 Å². The summed E-state index contributed by atoms with van der Waals surface area (Å²) in [5.74, 6) is -0.233. The Kier molecular flexibility index (Phi) is 5.95. The minimum Gasteiger partial charge on any atom is -0.481 e. The van der Waals surface area contributed by atoms with Gasteiger partial charge in [0, 0.05) is 26.2 Å². The third-order valence-corrected chi connectivity index (χ3v) is 3.50. The Balaban J connectivity index is 2.44. The molecule has 0 aromatic carbocycles. The van der Waals surface area contributed by atoms with E-state index < -0.39 is 5.97 Å². The Hall–Kier alpha value is -1.26. The number of carbonyl (C=O) groups excluding carboxylic acids is 1. The minimum absolute atomic E-state index is 0.00245. The van der Waals surface area contributed by atoms with Crippen LogP contribution in [0.1, 0.15) is 39.5 Å². The molecular weight excluding hydrogens is 232 g/mol. The third-order valence-electron chi connectivity index (χ3n) is 3.50. The molecule has 1 fully saturated rings. The van der Waals surface area contributed by atoms with Crippen molar-refractivity contribution in [2.24, 2.45) is 5.92 Å². The number of carboxylic acids is 1. The van der Waals surface area contributed by atoms with Crippen molar-refractivity contribution in [3.63, 3.8) is 0 Å². The van der Waals surface area contributed by atoms with Gasteiger partial charge in [-0.05, 0) is 25.7 Å². The van der Waals surface area contributed by atoms with Gasteiger partial charge in [0.25, 0.3) is 0 Å². The molecule has 0 bridgehead atoms. The van der Waals surface area contributed by atoms with Crippen LogP contribution in [-0.2, 0) is 4.79 Å². The van der Waals surface area contributed by atoms with Crippen molar-refractivity contribution in [3.8, 4) is 0 Å². The molecular formula is C13H24N2O3. The summed E-state index contributed by atoms with van der Waals surface area (Å²) < 4.78 is 0. The van der Waals surface area contributed by atoms with Crippen LogP contribution in [-0.4, -0.2) is 53.1 Å². The predicted molar refractivity (Wildman–Crippen MR) is 69.5 cm³/mol. The molecule has 104 valence electrons. The number of carbonyl (C=O) groups is 2. The monoisotopic (exact) mass is 256 g/mol. The van der Waals surface area contributed by atoms with Gasteiger partial charge in [-0.1, -0.05) is 13.3 Å². The molecule has 1 aliphatic heterocycles. The number of nitrogens with zero attached hydrogens (tertiary/aromatic N) is 2. The zero-order chi connectivity index (χ0) is 13.5. The Morgan fingerprint density at radius 1 is 1.39 bits per heavy atom. The highest BCUT2D eigenvalue weighted by atomic mass is 16.4. The lowest BCUT2D eigenvalue weighted by molar-refractivity contribution is -0.137. The molecule has 0 saturated carbocycles. The first-order valence-electron chi connectivity index (χ1n) is 6.84. The molecule has 0 aliphatic carbocycles. The molecule has 0 spiro atoms. The van der Waals surface area contributed by atoms with Crippen molar-refractivity contribution in [2.75, 3.05) is 26.2 Å². The van der Waals surface area contributed by atoms with Gasteiger partial charge in [-0.2, -0.15) is 0 Å². The molecule has 1 heterocycles. The van der Waals surface area contributed by atoms with Gasteiger partial charge in [-0.15, -0.1) is 0 Å². The molecule has 0 radical (unpaired) electrons. The van der Waals surface area contributed by atoms with Gasteiger partial charge in [0.1, 0.15) is 0 Å². The first-order valence-corrected chi connectivity index (χ1v) is 6.84. The molecule has 1 atom stereocenters. The first-order chi connectivity index (χ1) is 8.58. The van der Waals surface area contributed by atoms with Crippen LogP contribution in [0.2, 0.25) is 0 Å². The van der Waals surface area contributed by atoms with Gasteiger partial charge in [-0.25, -0.2) is 4.79 Å². The van der Waals surface area contributed by atoms with Crippen LogP contribution in [0, 0.1) is 5.92 Å². The Labute approximate surface area is 109 Å². The maximum absolute atomic E-state index is 12.2. The SMILES string of the molecule is CCCC1CCN(C(=O)N(CC)CCC(=O)O)C1. The topological polar surface area (TPSA) is 60.9 Å². The smallest absolute Gasteiger partial charge is 0.320 e. The van der Waals surface area contributed by atoms with E-state index in [9.17, 15) is 9.59 Å². The number of amides is 2. The van der Waals surface area contributed by atoms with E-state index in [0.29, 0.717) is 19.0 Å². The van der Waals surface area contributed by atoms with Crippen molar-refractivity contribution in [1.29, 1.82) is 0 Å². The molecule has 1 saturated heterocycles. The molecule has 5 heteroatoms. The highest BCUT2D eigenvalue weighted by Crippen LogP contribution is 2.21. The standard InChI is InChI=1S/C13H24N2O3/c1-3-5-11-6-8-15(10-11)13(18)14(4-2)9-7-12(16)17/h11H,3-10H2,1-2H3,(H,16,17). The van der Waals surface area contributed by atoms with E-state index in [0.717, 1.165) is 25.9 Å². The van der Waals surface area contributed by atoms with E-state index in [1.807, 2.05) is 11.8 Å². The molecule has 1 N–H and O–H groups in total. The van der Waals surface area contributed by atoms with Crippen LogP contribution in [0.3, 0.4) is 0 Å². The normalized spacial score (nSPS) is 19.0. The molecule has 18 heavy (non-hydrogen) atoms. The van der Waals surface area contributed by atoms with Crippen LogP contribution in [0.4, 0.5) is 4.79 Å². The van der Waals surface area contributed by atoms with Gasteiger partial charge in [0.15, 0.2) is 0 Å². The molecule has 1 aliphatic rings. The number of hydrogen-bond acceptors (Lipinski definition) is 2. The Morgan fingerprint density at radius 3 is 2.67 bits per heavy atom. The number of hydrogen-bond donors (Lipinski definition) is 1. The summed E-state index contributed by atoms with van der Waals surface area (Å²) in [5.41, 5.74) is 0. The molecule has 1 unspecified atom stereocenters. The summed E-state index contributed by atoms with van der Waals surface area (Å²) in [6.45, 7) is 6.57. The lowest BCUT2D eigenvalue weighted by atomic mass is 10.0. The number of aliphatic carboxylic acids is 1. The Morgan fingerprint density at radius 2 is 2.11 bits per heavy atom. The van der Waals surface area contributed by atoms with Gasteiger partial charge in [0.2, 0.25) is 0 Å². The average molecular weight is 256 g/mol. The van der Waals surface area contributed by atoms with E-state index in [-0.39, 0.29) is 12.5 Å². The minimum atomic E-state index is -0.855. The van der Waals surface area contributed by atoms with Crippen LogP contribution < -0.4 is 0 Å². The number of carboxylic acid groups (broad SMARTS) is 1. The fourth-order valence-electron chi connectivity index (χ4n) is 2.47. The van der Waals surface area contributed by atoms with Gasteiger partial charge in [0.05, 0.1) is 6.42 Å². The van der Waals surface area contributed by atoms with Crippen molar-refractivity contribution in [3.05, 3.63) is 0 Å². The number of likely N-dealkylation sites (tertiary alicyclic amines) is 1. The average Bonchev–Trinajstić information content (AvgIpc) is 2.78. The van der Waals surface area contributed by atoms with Crippen molar-refractivity contribution in [1.82, 2.24) is 9.80 Å². The summed E-state index contributed by atoms with van der Waals surface area (Å²) in [6.07, 6.45) is 3.43. The fraction of sp³-hybridized carbons (Fsp3) is 0.846. The predicted octanol–water partition coefficient (Wildman–Crippen LogP) is 2.03. The molecule has 0 aromatic heterocycles. The second-order valence-corrected chi connectivity index (χ2v) is 4.90. The first kappa shape index (κ1) is 14.8. The summed E-state index contributed by atoms with van der Waals surface area (Å²) >= 11 is 0. The van der Waals surface area contributed by atoms with Crippen LogP contribution in [0.5, 0.6) is 0 Å². The van der Waals surface area contributed by atoms with Gasteiger partial charge >= 0.3 is 12.0 Å². The van der Waals surface area contributed by atoms with E-state index in [1.54, 1.807) is 4.90 Å². The number of urea groups is 1. The zero-order valence-electron chi connectivity index (χ0n) is 11.4. The largest absolute Gasteiger partial charge is 0.481 e. The fourth-order valence-corrected chi connectivity index (χ4v) is 2.47. The summed E-state index contributed by atoms with van der Waals surface area (Å²) in [4.78, 5) is 26.2. The molecule has 0 aromatic rings. The highest BCUT2D eigenvalue weighted by molar-refractivity contribution is 5.75. The second-order valence-electron chi connectivity index (χ2n) is 4.90. The summed E-state index contributed by atoms with van der Waals surface area (Å²) in [6, 6.07) is -0.00245. The molecule has 2 amide bonds. The van der Waals surface area contributed by atoms with E-state index in [2.05, 4.69) is 6.92 Å². The number of rotatable bonds is 6. The van der Waals surface area contributed by atoms with E-state index in [1.165, 1.54) is 6.42 Å².